The molecule has 0 spiro atoms. The fourth-order valence-electron chi connectivity index (χ4n) is 3.60. The van der Waals surface area contributed by atoms with Gasteiger partial charge in [-0.15, -0.1) is 11.3 Å². The lowest BCUT2D eigenvalue weighted by atomic mass is 9.96. The molecule has 1 fully saturated rings. The molecule has 1 N–H and O–H groups in total. The maximum absolute atomic E-state index is 12.5. The second kappa shape index (κ2) is 8.15. The van der Waals surface area contributed by atoms with Crippen LogP contribution >= 0.6 is 11.3 Å². The molecule has 4 rings (SSSR count). The van der Waals surface area contributed by atoms with E-state index in [1.54, 1.807) is 13.2 Å². The minimum Gasteiger partial charge on any atom is -0.493 e. The van der Waals surface area contributed by atoms with Crippen LogP contribution in [0.25, 0.3) is 11.0 Å². The van der Waals surface area contributed by atoms with Crippen LogP contribution in [0.2, 0.25) is 0 Å². The zero-order valence-electron chi connectivity index (χ0n) is 15.4. The van der Waals surface area contributed by atoms with Crippen LogP contribution in [0.1, 0.15) is 28.3 Å². The minimum atomic E-state index is -0.158. The molecule has 1 aliphatic heterocycles. The number of furan rings is 1. The fourth-order valence-corrected chi connectivity index (χ4v) is 4.35. The topological polar surface area (TPSA) is 54.7 Å². The average Bonchev–Trinajstić information content (AvgIpc) is 3.36. The first-order valence-electron chi connectivity index (χ1n) is 9.32. The summed E-state index contributed by atoms with van der Waals surface area (Å²) in [6, 6.07) is 11.7. The number of piperidine rings is 1. The van der Waals surface area contributed by atoms with E-state index in [4.69, 9.17) is 9.15 Å². The van der Waals surface area contributed by atoms with Crippen molar-refractivity contribution in [2.45, 2.75) is 19.4 Å². The predicted octanol–water partition coefficient (Wildman–Crippen LogP) is 4.14. The second-order valence-corrected chi connectivity index (χ2v) is 8.03. The summed E-state index contributed by atoms with van der Waals surface area (Å²) < 4.78 is 11.0. The Morgan fingerprint density at radius 2 is 2.15 bits per heavy atom. The van der Waals surface area contributed by atoms with Gasteiger partial charge >= 0.3 is 0 Å². The Kier molecular flexibility index (Phi) is 5.45. The number of hydrogen-bond donors (Lipinski definition) is 1. The summed E-state index contributed by atoms with van der Waals surface area (Å²) in [5.74, 6) is 1.34. The Morgan fingerprint density at radius 3 is 2.89 bits per heavy atom. The summed E-state index contributed by atoms with van der Waals surface area (Å²) in [5.41, 5.74) is 0.618. The lowest BCUT2D eigenvalue weighted by Crippen LogP contribution is -2.38. The molecule has 5 nitrogen and oxygen atoms in total. The van der Waals surface area contributed by atoms with Crippen LogP contribution in [0.5, 0.6) is 5.75 Å². The van der Waals surface area contributed by atoms with E-state index < -0.39 is 0 Å². The summed E-state index contributed by atoms with van der Waals surface area (Å²) in [5, 5.41) is 6.04. The number of fused-ring (bicyclic) bond motifs is 1. The highest BCUT2D eigenvalue weighted by atomic mass is 32.1. The molecular formula is C21H24N2O3S. The Labute approximate surface area is 162 Å². The summed E-state index contributed by atoms with van der Waals surface area (Å²) in [6.07, 6.45) is 2.22. The smallest absolute Gasteiger partial charge is 0.287 e. The molecule has 0 atom stereocenters. The number of para-hydroxylation sites is 1. The Hall–Kier alpha value is -2.31. The molecule has 142 valence electrons. The van der Waals surface area contributed by atoms with Crippen molar-refractivity contribution in [3.8, 4) is 5.75 Å². The highest BCUT2D eigenvalue weighted by Crippen LogP contribution is 2.28. The first-order valence-corrected chi connectivity index (χ1v) is 10.2. The maximum Gasteiger partial charge on any atom is 0.287 e. The molecule has 2 aromatic heterocycles. The van der Waals surface area contributed by atoms with Crippen molar-refractivity contribution >= 4 is 28.2 Å². The number of thiophene rings is 1. The first kappa shape index (κ1) is 18.1. The van der Waals surface area contributed by atoms with Crippen molar-refractivity contribution in [2.24, 2.45) is 5.92 Å². The van der Waals surface area contributed by atoms with Crippen LogP contribution in [0.4, 0.5) is 0 Å². The SMILES string of the molecule is COc1cccc2cc(C(=O)NCC3CCN(Cc4cccs4)CC3)oc12. The van der Waals surface area contributed by atoms with Crippen LogP contribution < -0.4 is 10.1 Å². The van der Waals surface area contributed by atoms with Crippen LogP contribution in [0.15, 0.2) is 46.2 Å². The lowest BCUT2D eigenvalue weighted by molar-refractivity contribution is 0.0910. The number of ether oxygens (including phenoxy) is 1. The monoisotopic (exact) mass is 384 g/mol. The van der Waals surface area contributed by atoms with Gasteiger partial charge in [-0.1, -0.05) is 18.2 Å². The van der Waals surface area contributed by atoms with Gasteiger partial charge in [0.1, 0.15) is 0 Å². The van der Waals surface area contributed by atoms with E-state index in [9.17, 15) is 4.79 Å². The van der Waals surface area contributed by atoms with Crippen molar-refractivity contribution in [1.29, 1.82) is 0 Å². The van der Waals surface area contributed by atoms with E-state index in [2.05, 4.69) is 27.7 Å². The number of hydrogen-bond acceptors (Lipinski definition) is 5. The molecule has 1 aromatic carbocycles. The number of carbonyl (C=O) groups is 1. The molecule has 1 aliphatic rings. The van der Waals surface area contributed by atoms with Crippen LogP contribution in [-0.2, 0) is 6.54 Å². The minimum absolute atomic E-state index is 0.158. The van der Waals surface area contributed by atoms with Gasteiger partial charge in [0, 0.05) is 23.4 Å². The summed E-state index contributed by atoms with van der Waals surface area (Å²) in [4.78, 5) is 16.4. The normalized spacial score (nSPS) is 15.9. The molecule has 1 amide bonds. The second-order valence-electron chi connectivity index (χ2n) is 7.00. The Morgan fingerprint density at radius 1 is 1.30 bits per heavy atom. The van der Waals surface area contributed by atoms with Crippen molar-refractivity contribution in [3.63, 3.8) is 0 Å². The third-order valence-corrected chi connectivity index (χ3v) is 6.03. The first-order chi connectivity index (χ1) is 13.2. The molecular weight excluding hydrogens is 360 g/mol. The third kappa shape index (κ3) is 4.17. The van der Waals surface area contributed by atoms with E-state index in [1.165, 1.54) is 4.88 Å². The zero-order chi connectivity index (χ0) is 18.6. The third-order valence-electron chi connectivity index (χ3n) is 5.17. The number of carbonyl (C=O) groups excluding carboxylic acids is 1. The Bertz CT molecular complexity index is 895. The van der Waals surface area contributed by atoms with Crippen LogP contribution in [0, 0.1) is 5.92 Å². The molecule has 3 aromatic rings. The molecule has 0 saturated carbocycles. The largest absolute Gasteiger partial charge is 0.493 e. The van der Waals surface area contributed by atoms with Gasteiger partial charge in [-0.25, -0.2) is 0 Å². The molecule has 0 unspecified atom stereocenters. The van der Waals surface area contributed by atoms with Gasteiger partial charge in [0.05, 0.1) is 7.11 Å². The van der Waals surface area contributed by atoms with Gasteiger partial charge < -0.3 is 14.5 Å². The molecule has 0 bridgehead atoms. The number of rotatable bonds is 6. The van der Waals surface area contributed by atoms with Crippen molar-refractivity contribution < 1.29 is 13.9 Å². The fraction of sp³-hybridized carbons (Fsp3) is 0.381. The van der Waals surface area contributed by atoms with E-state index in [1.807, 2.05) is 29.5 Å². The highest BCUT2D eigenvalue weighted by molar-refractivity contribution is 7.09. The van der Waals surface area contributed by atoms with Crippen molar-refractivity contribution in [2.75, 3.05) is 26.7 Å². The van der Waals surface area contributed by atoms with Gasteiger partial charge in [-0.3, -0.25) is 9.69 Å². The maximum atomic E-state index is 12.5. The molecule has 3 heterocycles. The number of nitrogens with zero attached hydrogens (tertiary/aromatic N) is 1. The van der Waals surface area contributed by atoms with Gasteiger partial charge in [-0.05, 0) is 55.4 Å². The predicted molar refractivity (Wildman–Crippen MR) is 107 cm³/mol. The standard InChI is InChI=1S/C21H24N2O3S/c1-25-18-6-2-4-16-12-19(26-20(16)18)21(24)22-13-15-7-9-23(10-8-15)14-17-5-3-11-27-17/h2-6,11-12,15H,7-10,13-14H2,1H3,(H,22,24). The van der Waals surface area contributed by atoms with Gasteiger partial charge in [0.15, 0.2) is 17.1 Å². The number of benzene rings is 1. The molecule has 27 heavy (non-hydrogen) atoms. The van der Waals surface area contributed by atoms with E-state index in [-0.39, 0.29) is 5.91 Å². The summed E-state index contributed by atoms with van der Waals surface area (Å²) in [6.45, 7) is 3.90. The zero-order valence-corrected chi connectivity index (χ0v) is 16.3. The number of methoxy groups -OCH3 is 1. The van der Waals surface area contributed by atoms with Gasteiger partial charge in [-0.2, -0.15) is 0 Å². The molecule has 6 heteroatoms. The van der Waals surface area contributed by atoms with Crippen molar-refractivity contribution in [1.82, 2.24) is 10.2 Å². The summed E-state index contributed by atoms with van der Waals surface area (Å²) >= 11 is 1.82. The average molecular weight is 385 g/mol. The van der Waals surface area contributed by atoms with Gasteiger partial charge in [0.2, 0.25) is 0 Å². The van der Waals surface area contributed by atoms with E-state index >= 15 is 0 Å². The van der Waals surface area contributed by atoms with Crippen molar-refractivity contribution in [3.05, 3.63) is 52.4 Å². The highest BCUT2D eigenvalue weighted by Gasteiger charge is 2.21. The van der Waals surface area contributed by atoms with E-state index in [0.29, 0.717) is 29.6 Å². The number of amides is 1. The molecule has 1 saturated heterocycles. The molecule has 0 aliphatic carbocycles. The number of likely N-dealkylation sites (tertiary alicyclic amines) is 1. The van der Waals surface area contributed by atoms with Gasteiger partial charge in [0.25, 0.3) is 5.91 Å². The van der Waals surface area contributed by atoms with Crippen LogP contribution in [0.3, 0.4) is 0 Å². The van der Waals surface area contributed by atoms with Crippen LogP contribution in [-0.4, -0.2) is 37.6 Å². The Balaban J connectivity index is 1.28. The van der Waals surface area contributed by atoms with E-state index in [0.717, 1.165) is 37.9 Å². The summed E-state index contributed by atoms with van der Waals surface area (Å²) in [7, 11) is 1.60. The quantitative estimate of drug-likeness (QED) is 0.694. The lowest BCUT2D eigenvalue weighted by Gasteiger charge is -2.31. The molecule has 0 radical (unpaired) electrons. The number of nitrogens with one attached hydrogen (secondary N) is 1.